The standard InChI is InChI=1S/C17H30N2O5.C2H2O4/c1-11(15(22)24-17(5,6)7)19-9-8-18-12(14(19)21)10-13(20)23-16(2,3)4;3-1(4)2(5)6/h11-12,18H,8-10H2,1-7H3;(H,3,4)(H,5,6)/t11-,12-;/m0./s1. The van der Waals surface area contributed by atoms with E-state index in [9.17, 15) is 14.4 Å². The van der Waals surface area contributed by atoms with Gasteiger partial charge in [-0.1, -0.05) is 0 Å². The summed E-state index contributed by atoms with van der Waals surface area (Å²) in [6.07, 6.45) is -0.0619. The molecule has 0 aromatic rings. The molecular formula is C19H32N2O9. The van der Waals surface area contributed by atoms with E-state index in [4.69, 9.17) is 29.3 Å². The second-order valence-corrected chi connectivity index (χ2v) is 8.65. The van der Waals surface area contributed by atoms with Gasteiger partial charge in [-0.2, -0.15) is 0 Å². The fourth-order valence-electron chi connectivity index (χ4n) is 2.37. The molecule has 1 amide bonds. The van der Waals surface area contributed by atoms with Gasteiger partial charge in [0.05, 0.1) is 12.5 Å². The number of aliphatic carboxylic acids is 2. The summed E-state index contributed by atoms with van der Waals surface area (Å²) in [6.45, 7) is 13.2. The molecule has 1 aliphatic heterocycles. The van der Waals surface area contributed by atoms with Crippen LogP contribution >= 0.6 is 0 Å². The molecule has 11 heteroatoms. The van der Waals surface area contributed by atoms with Crippen LogP contribution in [0.1, 0.15) is 54.9 Å². The summed E-state index contributed by atoms with van der Waals surface area (Å²) in [5.41, 5.74) is -1.21. The monoisotopic (exact) mass is 432 g/mol. The van der Waals surface area contributed by atoms with Gasteiger partial charge in [-0.05, 0) is 48.5 Å². The zero-order valence-electron chi connectivity index (χ0n) is 18.5. The van der Waals surface area contributed by atoms with Crippen LogP contribution < -0.4 is 5.32 Å². The number of rotatable bonds is 4. The molecule has 0 saturated carbocycles. The summed E-state index contributed by atoms with van der Waals surface area (Å²) < 4.78 is 10.6. The largest absolute Gasteiger partial charge is 0.473 e. The van der Waals surface area contributed by atoms with Gasteiger partial charge in [0.15, 0.2) is 0 Å². The minimum absolute atomic E-state index is 0.0619. The number of carbonyl (C=O) groups excluding carboxylic acids is 3. The van der Waals surface area contributed by atoms with E-state index in [1.54, 1.807) is 48.5 Å². The number of nitrogens with one attached hydrogen (secondary N) is 1. The van der Waals surface area contributed by atoms with E-state index in [0.29, 0.717) is 13.1 Å². The third kappa shape index (κ3) is 10.7. The first-order valence-electron chi connectivity index (χ1n) is 9.39. The fraction of sp³-hybridized carbons (Fsp3) is 0.737. The van der Waals surface area contributed by atoms with Gasteiger partial charge < -0.3 is 29.9 Å². The third-order valence-corrected chi connectivity index (χ3v) is 3.51. The number of nitrogens with zero attached hydrogens (tertiary/aromatic N) is 1. The lowest BCUT2D eigenvalue weighted by Crippen LogP contribution is -2.60. The first-order chi connectivity index (χ1) is 13.4. The van der Waals surface area contributed by atoms with Crippen molar-refractivity contribution in [2.75, 3.05) is 13.1 Å². The van der Waals surface area contributed by atoms with Crippen LogP contribution in [0.2, 0.25) is 0 Å². The van der Waals surface area contributed by atoms with E-state index < -0.39 is 47.2 Å². The predicted molar refractivity (Wildman–Crippen MR) is 105 cm³/mol. The van der Waals surface area contributed by atoms with Crippen LogP contribution in [-0.2, 0) is 33.4 Å². The Kier molecular flexibility index (Phi) is 9.93. The molecule has 2 atom stereocenters. The van der Waals surface area contributed by atoms with Crippen molar-refractivity contribution in [3.05, 3.63) is 0 Å². The van der Waals surface area contributed by atoms with Gasteiger partial charge in [-0.25, -0.2) is 14.4 Å². The van der Waals surface area contributed by atoms with E-state index >= 15 is 0 Å². The topological polar surface area (TPSA) is 160 Å². The summed E-state index contributed by atoms with van der Waals surface area (Å²) in [5, 5.41) is 17.8. The molecule has 3 N–H and O–H groups in total. The van der Waals surface area contributed by atoms with Gasteiger partial charge in [0, 0.05) is 13.1 Å². The van der Waals surface area contributed by atoms with Gasteiger partial charge in [-0.3, -0.25) is 9.59 Å². The highest BCUT2D eigenvalue weighted by atomic mass is 16.6. The highest BCUT2D eigenvalue weighted by molar-refractivity contribution is 6.27. The maximum atomic E-state index is 12.6. The molecule has 11 nitrogen and oxygen atoms in total. The van der Waals surface area contributed by atoms with Crippen molar-refractivity contribution in [2.45, 2.75) is 78.2 Å². The number of carboxylic acids is 2. The number of ether oxygens (including phenoxy) is 2. The van der Waals surface area contributed by atoms with Crippen molar-refractivity contribution < 1.29 is 43.7 Å². The average molecular weight is 432 g/mol. The number of carbonyl (C=O) groups is 5. The van der Waals surface area contributed by atoms with Gasteiger partial charge in [0.2, 0.25) is 5.91 Å². The Hall–Kier alpha value is -2.69. The number of esters is 2. The highest BCUT2D eigenvalue weighted by Crippen LogP contribution is 2.16. The normalized spacial score (nSPS) is 17.9. The van der Waals surface area contributed by atoms with Gasteiger partial charge in [-0.15, -0.1) is 0 Å². The van der Waals surface area contributed by atoms with Crippen LogP contribution in [0, 0.1) is 0 Å². The molecule has 30 heavy (non-hydrogen) atoms. The number of amides is 1. The molecule has 1 heterocycles. The van der Waals surface area contributed by atoms with Crippen molar-refractivity contribution in [3.8, 4) is 0 Å². The lowest BCUT2D eigenvalue weighted by molar-refractivity contribution is -0.166. The predicted octanol–water partition coefficient (Wildman–Crippen LogP) is 0.404. The van der Waals surface area contributed by atoms with E-state index in [1.807, 2.05) is 0 Å². The van der Waals surface area contributed by atoms with E-state index in [0.717, 1.165) is 0 Å². The smallest absolute Gasteiger partial charge is 0.414 e. The van der Waals surface area contributed by atoms with Crippen LogP contribution in [0.3, 0.4) is 0 Å². The van der Waals surface area contributed by atoms with E-state index in [2.05, 4.69) is 5.32 Å². The van der Waals surface area contributed by atoms with Crippen LogP contribution in [-0.4, -0.2) is 81.3 Å². The van der Waals surface area contributed by atoms with Crippen molar-refractivity contribution in [2.24, 2.45) is 0 Å². The molecular weight excluding hydrogens is 400 g/mol. The molecule has 0 spiro atoms. The van der Waals surface area contributed by atoms with Crippen LogP contribution in [0.4, 0.5) is 0 Å². The Morgan fingerprint density at radius 3 is 1.90 bits per heavy atom. The quantitative estimate of drug-likeness (QED) is 0.419. The zero-order chi connectivity index (χ0) is 23.9. The summed E-state index contributed by atoms with van der Waals surface area (Å²) in [7, 11) is 0. The second-order valence-electron chi connectivity index (χ2n) is 8.65. The number of carboxylic acid groups (broad SMARTS) is 2. The van der Waals surface area contributed by atoms with Gasteiger partial charge in [0.25, 0.3) is 0 Å². The molecule has 0 aliphatic carbocycles. The van der Waals surface area contributed by atoms with Crippen LogP contribution in [0.5, 0.6) is 0 Å². The summed E-state index contributed by atoms with van der Waals surface area (Å²) in [6, 6.07) is -1.38. The molecule has 1 rings (SSSR count). The van der Waals surface area contributed by atoms with Crippen molar-refractivity contribution in [3.63, 3.8) is 0 Å². The molecule has 1 aliphatic rings. The van der Waals surface area contributed by atoms with Crippen LogP contribution in [0.15, 0.2) is 0 Å². The Bertz CT molecular complexity index is 650. The average Bonchev–Trinajstić information content (AvgIpc) is 2.53. The number of hydrogen-bond acceptors (Lipinski definition) is 8. The first-order valence-corrected chi connectivity index (χ1v) is 9.39. The summed E-state index contributed by atoms with van der Waals surface area (Å²) >= 11 is 0. The summed E-state index contributed by atoms with van der Waals surface area (Å²) in [5.74, 6) is -4.83. The van der Waals surface area contributed by atoms with Crippen molar-refractivity contribution in [1.29, 1.82) is 0 Å². The summed E-state index contributed by atoms with van der Waals surface area (Å²) in [4.78, 5) is 56.4. The van der Waals surface area contributed by atoms with E-state index in [-0.39, 0.29) is 12.3 Å². The molecule has 0 radical (unpaired) electrons. The first kappa shape index (κ1) is 27.3. The van der Waals surface area contributed by atoms with Gasteiger partial charge in [0.1, 0.15) is 17.2 Å². The molecule has 1 fully saturated rings. The highest BCUT2D eigenvalue weighted by Gasteiger charge is 2.37. The van der Waals surface area contributed by atoms with Crippen molar-refractivity contribution in [1.82, 2.24) is 10.2 Å². The molecule has 1 saturated heterocycles. The van der Waals surface area contributed by atoms with E-state index in [1.165, 1.54) is 4.90 Å². The lowest BCUT2D eigenvalue weighted by atomic mass is 10.1. The fourth-order valence-corrected chi connectivity index (χ4v) is 2.37. The SMILES string of the molecule is C[C@@H](C(=O)OC(C)(C)C)N1CCN[C@@H](CC(=O)OC(C)(C)C)C1=O.O=C(O)C(=O)O. The Morgan fingerprint density at radius 1 is 1.03 bits per heavy atom. The third-order valence-electron chi connectivity index (χ3n) is 3.51. The molecule has 0 aromatic heterocycles. The molecule has 172 valence electrons. The molecule has 0 aromatic carbocycles. The Labute approximate surface area is 175 Å². The Balaban J connectivity index is 0.00000122. The zero-order valence-corrected chi connectivity index (χ0v) is 18.5. The second kappa shape index (κ2) is 10.9. The molecule has 0 bridgehead atoms. The van der Waals surface area contributed by atoms with Crippen LogP contribution in [0.25, 0.3) is 0 Å². The van der Waals surface area contributed by atoms with Gasteiger partial charge >= 0.3 is 23.9 Å². The lowest BCUT2D eigenvalue weighted by Gasteiger charge is -2.37. The number of hydrogen-bond donors (Lipinski definition) is 3. The minimum atomic E-state index is -1.82. The van der Waals surface area contributed by atoms with Crippen molar-refractivity contribution >= 4 is 29.8 Å². The number of piperazine rings is 1. The Morgan fingerprint density at radius 2 is 1.50 bits per heavy atom. The maximum absolute atomic E-state index is 12.6. The minimum Gasteiger partial charge on any atom is -0.473 e. The maximum Gasteiger partial charge on any atom is 0.414 e. The molecule has 0 unspecified atom stereocenters.